The summed E-state index contributed by atoms with van der Waals surface area (Å²) in [6, 6.07) is 6.77. The number of urea groups is 1. The van der Waals surface area contributed by atoms with Crippen LogP contribution in [-0.2, 0) is 12.0 Å². The average Bonchev–Trinajstić information content (AvgIpc) is 3.61. The van der Waals surface area contributed by atoms with Crippen LogP contribution in [0, 0.1) is 5.82 Å². The molecule has 222 valence electrons. The maximum Gasteiger partial charge on any atom is 0.319 e. The van der Waals surface area contributed by atoms with E-state index in [1.54, 1.807) is 37.3 Å². The van der Waals surface area contributed by atoms with E-state index in [4.69, 9.17) is 4.52 Å². The molecule has 13 heteroatoms. The molecule has 0 unspecified atom stereocenters. The van der Waals surface area contributed by atoms with Crippen molar-refractivity contribution >= 4 is 28.8 Å². The summed E-state index contributed by atoms with van der Waals surface area (Å²) >= 11 is 0. The lowest BCUT2D eigenvalue weighted by molar-refractivity contribution is 0.0906. The first-order valence-corrected chi connectivity index (χ1v) is 13.9. The number of H-pyrrole nitrogens is 1. The van der Waals surface area contributed by atoms with Gasteiger partial charge >= 0.3 is 17.8 Å². The van der Waals surface area contributed by atoms with Gasteiger partial charge in [0.25, 0.3) is 0 Å². The number of fused-ring (bicyclic) bond motifs is 1. The van der Waals surface area contributed by atoms with E-state index in [2.05, 4.69) is 42.9 Å². The number of carbonyl (C=O) groups excluding carboxylic acids is 2. The van der Waals surface area contributed by atoms with Crippen molar-refractivity contribution in [2.75, 3.05) is 26.0 Å². The number of anilines is 1. The molecule has 3 amide bonds. The van der Waals surface area contributed by atoms with Crippen molar-refractivity contribution in [3.63, 3.8) is 0 Å². The summed E-state index contributed by atoms with van der Waals surface area (Å²) in [6.45, 7) is 8.28. The van der Waals surface area contributed by atoms with Gasteiger partial charge in [-0.2, -0.15) is 10.1 Å². The van der Waals surface area contributed by atoms with Gasteiger partial charge in [-0.05, 0) is 43.0 Å². The zero-order chi connectivity index (χ0) is 30.2. The fourth-order valence-corrected chi connectivity index (χ4v) is 4.97. The molecule has 0 bridgehead atoms. The molecule has 1 fully saturated rings. The lowest BCUT2D eigenvalue weighted by Gasteiger charge is -2.39. The van der Waals surface area contributed by atoms with Crippen LogP contribution in [0.1, 0.15) is 62.6 Å². The summed E-state index contributed by atoms with van der Waals surface area (Å²) in [5, 5.41) is 18.1. The van der Waals surface area contributed by atoms with Gasteiger partial charge in [-0.3, -0.25) is 9.89 Å². The number of pyridine rings is 1. The minimum atomic E-state index is -0.575. The van der Waals surface area contributed by atoms with E-state index in [9.17, 15) is 9.59 Å². The molecule has 4 aromatic rings. The summed E-state index contributed by atoms with van der Waals surface area (Å²) in [7, 11) is 3.50. The number of rotatable bonds is 6. The standard InChI is InChI=1S/C29H36FN9O3/c1-16-7-10-19(15-39(16)28(41)38(5)6)33-24-22-20(11-12-31-23(22)35-36-24)17-8-9-18(21(30)13-17)14-32-25(40)26-34-27(37-42-26)29(2,3)4/h8-9,11-13,16,19H,7,10,14-15H2,1-6H3,(H,32,40)(H2,31,33,35,36)/t16-,19+/m0/s1. The first-order chi connectivity index (χ1) is 19.9. The first-order valence-electron chi connectivity index (χ1n) is 13.9. The van der Waals surface area contributed by atoms with Gasteiger partial charge in [-0.15, -0.1) is 0 Å². The number of amides is 3. The van der Waals surface area contributed by atoms with Crippen LogP contribution in [0.2, 0.25) is 0 Å². The number of carbonyl (C=O) groups is 2. The Morgan fingerprint density at radius 1 is 1.21 bits per heavy atom. The monoisotopic (exact) mass is 577 g/mol. The number of aromatic amines is 1. The number of nitrogens with one attached hydrogen (secondary N) is 3. The summed E-state index contributed by atoms with van der Waals surface area (Å²) in [4.78, 5) is 37.2. The highest BCUT2D eigenvalue weighted by Crippen LogP contribution is 2.33. The van der Waals surface area contributed by atoms with Gasteiger partial charge in [0, 0.05) is 56.4 Å². The van der Waals surface area contributed by atoms with Gasteiger partial charge in [0.15, 0.2) is 17.3 Å². The van der Waals surface area contributed by atoms with Crippen LogP contribution in [-0.4, -0.2) is 79.8 Å². The number of aromatic nitrogens is 5. The summed E-state index contributed by atoms with van der Waals surface area (Å²) in [5.41, 5.74) is 1.88. The van der Waals surface area contributed by atoms with Crippen molar-refractivity contribution in [1.82, 2.24) is 40.4 Å². The van der Waals surface area contributed by atoms with Crippen LogP contribution in [0.5, 0.6) is 0 Å². The Labute approximate surface area is 243 Å². The smallest absolute Gasteiger partial charge is 0.319 e. The van der Waals surface area contributed by atoms with E-state index in [-0.39, 0.29) is 36.0 Å². The third-order valence-electron chi connectivity index (χ3n) is 7.41. The van der Waals surface area contributed by atoms with Gasteiger partial charge in [-0.1, -0.05) is 38.1 Å². The third-order valence-corrected chi connectivity index (χ3v) is 7.41. The lowest BCUT2D eigenvalue weighted by atomic mass is 9.96. The predicted octanol–water partition coefficient (Wildman–Crippen LogP) is 4.32. The number of hydrogen-bond acceptors (Lipinski definition) is 8. The predicted molar refractivity (Wildman–Crippen MR) is 155 cm³/mol. The Bertz CT molecular complexity index is 1610. The Morgan fingerprint density at radius 3 is 2.69 bits per heavy atom. The van der Waals surface area contributed by atoms with Gasteiger partial charge < -0.3 is 25.0 Å². The van der Waals surface area contributed by atoms with E-state index >= 15 is 4.39 Å². The molecule has 1 saturated heterocycles. The third kappa shape index (κ3) is 5.90. The van der Waals surface area contributed by atoms with Crippen LogP contribution in [0.4, 0.5) is 15.0 Å². The second kappa shape index (κ2) is 11.4. The number of hydrogen-bond donors (Lipinski definition) is 3. The number of nitrogens with zero attached hydrogens (tertiary/aromatic N) is 6. The Balaban J connectivity index is 1.33. The van der Waals surface area contributed by atoms with Crippen LogP contribution in [0.3, 0.4) is 0 Å². The van der Waals surface area contributed by atoms with Crippen LogP contribution < -0.4 is 10.6 Å². The normalized spacial score (nSPS) is 17.4. The quantitative estimate of drug-likeness (QED) is 0.307. The molecule has 0 radical (unpaired) electrons. The highest BCUT2D eigenvalue weighted by atomic mass is 19.1. The molecular formula is C29H36FN9O3. The lowest BCUT2D eigenvalue weighted by Crippen LogP contribution is -2.52. The molecule has 0 saturated carbocycles. The molecule has 1 aliphatic heterocycles. The zero-order valence-corrected chi connectivity index (χ0v) is 24.7. The largest absolute Gasteiger partial charge is 0.364 e. The average molecular weight is 578 g/mol. The molecule has 2 atom stereocenters. The molecule has 0 aliphatic carbocycles. The van der Waals surface area contributed by atoms with E-state index in [0.29, 0.717) is 35.0 Å². The zero-order valence-electron chi connectivity index (χ0n) is 24.7. The fraction of sp³-hybridized carbons (Fsp3) is 0.448. The van der Waals surface area contributed by atoms with Gasteiger partial charge in [-0.25, -0.2) is 14.2 Å². The Hall–Kier alpha value is -4.55. The minimum Gasteiger partial charge on any atom is -0.364 e. The highest BCUT2D eigenvalue weighted by Gasteiger charge is 2.31. The summed E-state index contributed by atoms with van der Waals surface area (Å²) in [5.74, 6) is -0.212. The van der Waals surface area contributed by atoms with Crippen LogP contribution in [0.25, 0.3) is 22.2 Å². The molecule has 3 N–H and O–H groups in total. The second-order valence-corrected chi connectivity index (χ2v) is 11.9. The van der Waals surface area contributed by atoms with Crippen LogP contribution >= 0.6 is 0 Å². The van der Waals surface area contributed by atoms with Crippen molar-refractivity contribution in [3.8, 4) is 11.1 Å². The fourth-order valence-electron chi connectivity index (χ4n) is 4.97. The highest BCUT2D eigenvalue weighted by molar-refractivity contribution is 6.00. The van der Waals surface area contributed by atoms with Gasteiger partial charge in [0.2, 0.25) is 0 Å². The molecule has 5 rings (SSSR count). The van der Waals surface area contributed by atoms with Crippen molar-refractivity contribution in [2.45, 2.75) is 64.6 Å². The molecule has 1 aliphatic rings. The van der Waals surface area contributed by atoms with E-state index in [1.165, 1.54) is 6.07 Å². The maximum absolute atomic E-state index is 15.3. The summed E-state index contributed by atoms with van der Waals surface area (Å²) in [6.07, 6.45) is 3.37. The molecule has 42 heavy (non-hydrogen) atoms. The van der Waals surface area contributed by atoms with Crippen molar-refractivity contribution in [3.05, 3.63) is 53.6 Å². The molecule has 4 heterocycles. The first kappa shape index (κ1) is 29.0. The second-order valence-electron chi connectivity index (χ2n) is 11.9. The number of likely N-dealkylation sites (tertiary alicyclic amines) is 1. The molecule has 12 nitrogen and oxygen atoms in total. The van der Waals surface area contributed by atoms with E-state index in [1.807, 2.05) is 31.7 Å². The number of halogens is 1. The Kier molecular flexibility index (Phi) is 7.85. The molecule has 0 spiro atoms. The molecule has 3 aromatic heterocycles. The SMILES string of the molecule is C[C@H]1CC[C@@H](Nc2n[nH]c3nccc(-c4ccc(CNC(=O)c5nc(C(C)(C)C)no5)c(F)c4)c23)CN1C(=O)N(C)C. The summed E-state index contributed by atoms with van der Waals surface area (Å²) < 4.78 is 20.3. The topological polar surface area (TPSA) is 145 Å². The van der Waals surface area contributed by atoms with Gasteiger partial charge in [0.05, 0.1) is 5.39 Å². The van der Waals surface area contributed by atoms with Crippen molar-refractivity contribution in [1.29, 1.82) is 0 Å². The van der Waals surface area contributed by atoms with Crippen LogP contribution in [0.15, 0.2) is 35.0 Å². The Morgan fingerprint density at radius 2 is 2.00 bits per heavy atom. The molecular weight excluding hydrogens is 541 g/mol. The number of piperidine rings is 1. The van der Waals surface area contributed by atoms with E-state index < -0.39 is 11.7 Å². The van der Waals surface area contributed by atoms with Gasteiger partial charge in [0.1, 0.15) is 5.82 Å². The minimum absolute atomic E-state index is 0.00860. The molecule has 1 aromatic carbocycles. The van der Waals surface area contributed by atoms with Crippen molar-refractivity contribution < 1.29 is 18.5 Å². The van der Waals surface area contributed by atoms with E-state index in [0.717, 1.165) is 23.8 Å². The maximum atomic E-state index is 15.3. The van der Waals surface area contributed by atoms with Crippen molar-refractivity contribution in [2.24, 2.45) is 0 Å². The number of benzene rings is 1.